The van der Waals surface area contributed by atoms with Crippen molar-refractivity contribution < 1.29 is 11.0 Å². The van der Waals surface area contributed by atoms with E-state index >= 15 is 0 Å². The summed E-state index contributed by atoms with van der Waals surface area (Å²) in [5, 5.41) is 0.672. The number of benzene rings is 8. The fourth-order valence-electron chi connectivity index (χ4n) is 6.56. The van der Waals surface area contributed by atoms with Gasteiger partial charge < -0.3 is 0 Å². The van der Waals surface area contributed by atoms with E-state index in [9.17, 15) is 5.48 Å². The summed E-state index contributed by atoms with van der Waals surface area (Å²) in [6, 6.07) is 39.4. The zero-order chi connectivity index (χ0) is 38.1. The number of hydrogen-bond donors (Lipinski definition) is 0. The first-order valence-electron chi connectivity index (χ1n) is 19.4. The highest BCUT2D eigenvalue weighted by molar-refractivity contribution is 6.21. The molecule has 0 N–H and O–H groups in total. The molecule has 0 unspecified atom stereocenters. The average molecular weight is 607 g/mol. The van der Waals surface area contributed by atoms with E-state index in [1.165, 1.54) is 0 Å². The zero-order valence-electron chi connectivity index (χ0n) is 33.1. The van der Waals surface area contributed by atoms with Gasteiger partial charge in [-0.2, -0.15) is 0 Å². The number of aromatic nitrogens is 2. The van der Waals surface area contributed by atoms with Crippen LogP contribution in [-0.2, 0) is 0 Å². The lowest BCUT2D eigenvalue weighted by Gasteiger charge is -2.18. The maximum Gasteiger partial charge on any atom is 0.145 e. The van der Waals surface area contributed by atoms with Crippen LogP contribution in [-0.4, -0.2) is 9.55 Å². The van der Waals surface area contributed by atoms with Crippen molar-refractivity contribution in [2.45, 2.75) is 0 Å². The van der Waals surface area contributed by atoms with Gasteiger partial charge in [0.25, 0.3) is 0 Å². The molecule has 0 radical (unpaired) electrons. The topological polar surface area (TPSA) is 17.8 Å². The standard InChI is InChI=1S/C45H30N2/c1-3-15-31(16-4-1)32-17-13-18-33(29-32)43-37-23-7-9-25-39(37)44(40-26-10-8-24-38(40)43)34-19-14-20-35(30-34)45-46-41-27-11-12-28-42(41)47(45)36-21-5-2-6-22-36/h1-30H/i7D,8D,9D,10D,23D,24D,25D,26D. The van der Waals surface area contributed by atoms with Crippen LogP contribution in [0.25, 0.3) is 83.0 Å². The molecule has 9 rings (SSSR count). The molecule has 220 valence electrons. The van der Waals surface area contributed by atoms with Crippen LogP contribution >= 0.6 is 0 Å². The highest BCUT2D eigenvalue weighted by atomic mass is 15.1. The van der Waals surface area contributed by atoms with Crippen molar-refractivity contribution in [1.82, 2.24) is 9.55 Å². The van der Waals surface area contributed by atoms with E-state index in [0.29, 0.717) is 28.1 Å². The maximum atomic E-state index is 9.39. The van der Waals surface area contributed by atoms with Crippen LogP contribution in [0.1, 0.15) is 11.0 Å². The Morgan fingerprint density at radius 2 is 0.894 bits per heavy atom. The second-order valence-electron chi connectivity index (χ2n) is 11.4. The Hall–Kier alpha value is -6.25. The zero-order valence-corrected chi connectivity index (χ0v) is 25.1. The summed E-state index contributed by atoms with van der Waals surface area (Å²) in [5.74, 6) is 0.640. The molecule has 0 aliphatic carbocycles. The van der Waals surface area contributed by atoms with E-state index in [1.54, 1.807) is 0 Å². The lowest BCUT2D eigenvalue weighted by molar-refractivity contribution is 1.10. The third-order valence-electron chi connectivity index (χ3n) is 8.62. The van der Waals surface area contributed by atoms with Gasteiger partial charge in [-0.3, -0.25) is 4.57 Å². The van der Waals surface area contributed by atoms with Gasteiger partial charge >= 0.3 is 0 Å². The molecule has 0 amide bonds. The largest absolute Gasteiger partial charge is 0.292 e. The molecule has 2 nitrogen and oxygen atoms in total. The van der Waals surface area contributed by atoms with Crippen LogP contribution in [0, 0.1) is 0 Å². The highest BCUT2D eigenvalue weighted by Gasteiger charge is 2.19. The number of imidazole rings is 1. The smallest absolute Gasteiger partial charge is 0.145 e. The van der Waals surface area contributed by atoms with Crippen LogP contribution in [0.2, 0.25) is 0 Å². The molecule has 47 heavy (non-hydrogen) atoms. The summed E-state index contributed by atoms with van der Waals surface area (Å²) in [6.45, 7) is 0. The fraction of sp³-hybridized carbons (Fsp3) is 0. The van der Waals surface area contributed by atoms with E-state index in [2.05, 4.69) is 4.57 Å². The van der Waals surface area contributed by atoms with Gasteiger partial charge in [-0.05, 0) is 91.3 Å². The molecule has 0 aliphatic rings. The molecule has 0 saturated carbocycles. The Bertz CT molecular complexity index is 2930. The van der Waals surface area contributed by atoms with Crippen molar-refractivity contribution in [3.8, 4) is 50.5 Å². The lowest BCUT2D eigenvalue weighted by Crippen LogP contribution is -1.97. The number of rotatable bonds is 5. The predicted molar refractivity (Wildman–Crippen MR) is 198 cm³/mol. The van der Waals surface area contributed by atoms with Crippen molar-refractivity contribution in [3.63, 3.8) is 0 Å². The first-order chi connectivity index (χ1) is 26.7. The molecule has 9 aromatic rings. The van der Waals surface area contributed by atoms with E-state index in [4.69, 9.17) is 10.5 Å². The Labute approximate surface area is 285 Å². The molecule has 8 aromatic carbocycles. The second kappa shape index (κ2) is 11.3. The fourth-order valence-corrected chi connectivity index (χ4v) is 6.56. The predicted octanol–water partition coefficient (Wildman–Crippen LogP) is 12.0. The molecule has 2 heteroatoms. The molecular formula is C45H30N2. The van der Waals surface area contributed by atoms with Crippen LogP contribution in [0.15, 0.2) is 182 Å². The SMILES string of the molecule is [2H]c1c([2H])c([2H])c2c(-c3cccc(-c4nc5ccccc5n4-c4ccccc4)c3)c3c([2H])c([2H])c([2H])c([2H])c3c(-c3cccc(-c4ccccc4)c3)c2c1[2H]. The summed E-state index contributed by atoms with van der Waals surface area (Å²) in [7, 11) is 0. The molecule has 0 bridgehead atoms. The van der Waals surface area contributed by atoms with E-state index in [0.717, 1.165) is 27.8 Å². The summed E-state index contributed by atoms with van der Waals surface area (Å²) < 4.78 is 74.8. The number of hydrogen-bond acceptors (Lipinski definition) is 1. The van der Waals surface area contributed by atoms with E-state index in [-0.39, 0.29) is 51.3 Å². The molecule has 1 heterocycles. The van der Waals surface area contributed by atoms with Crippen molar-refractivity contribution in [1.29, 1.82) is 0 Å². The summed E-state index contributed by atoms with van der Waals surface area (Å²) in [5.41, 5.74) is 6.74. The third kappa shape index (κ3) is 4.62. The van der Waals surface area contributed by atoms with Gasteiger partial charge in [0.2, 0.25) is 0 Å². The molecule has 1 aromatic heterocycles. The summed E-state index contributed by atoms with van der Waals surface area (Å²) in [4.78, 5) is 5.04. The first kappa shape index (κ1) is 20.0. The normalized spacial score (nSPS) is 13.8. The van der Waals surface area contributed by atoms with Gasteiger partial charge in [0.15, 0.2) is 0 Å². The Balaban J connectivity index is 1.43. The minimum Gasteiger partial charge on any atom is -0.292 e. The van der Waals surface area contributed by atoms with Crippen molar-refractivity contribution in [2.75, 3.05) is 0 Å². The van der Waals surface area contributed by atoms with Crippen molar-refractivity contribution in [3.05, 3.63) is 182 Å². The van der Waals surface area contributed by atoms with Gasteiger partial charge in [0.1, 0.15) is 5.82 Å². The molecular weight excluding hydrogens is 569 g/mol. The summed E-state index contributed by atoms with van der Waals surface area (Å²) in [6.07, 6.45) is 0. The van der Waals surface area contributed by atoms with Crippen LogP contribution in [0.5, 0.6) is 0 Å². The van der Waals surface area contributed by atoms with Gasteiger partial charge in [0.05, 0.1) is 22.0 Å². The monoisotopic (exact) mass is 606 g/mol. The quantitative estimate of drug-likeness (QED) is 0.178. The van der Waals surface area contributed by atoms with Crippen molar-refractivity contribution in [2.24, 2.45) is 0 Å². The van der Waals surface area contributed by atoms with Crippen LogP contribution in [0.3, 0.4) is 0 Å². The number of fused-ring (bicyclic) bond motifs is 3. The second-order valence-corrected chi connectivity index (χ2v) is 11.4. The molecule has 0 saturated heterocycles. The van der Waals surface area contributed by atoms with E-state index < -0.39 is 24.2 Å². The molecule has 0 fully saturated rings. The van der Waals surface area contributed by atoms with Crippen molar-refractivity contribution >= 4 is 32.6 Å². The maximum absolute atomic E-state index is 9.39. The molecule has 0 spiro atoms. The van der Waals surface area contributed by atoms with Crippen LogP contribution < -0.4 is 0 Å². The Morgan fingerprint density at radius 1 is 0.426 bits per heavy atom. The first-order valence-corrected chi connectivity index (χ1v) is 15.4. The molecule has 0 aliphatic heterocycles. The van der Waals surface area contributed by atoms with Crippen LogP contribution in [0.4, 0.5) is 0 Å². The van der Waals surface area contributed by atoms with Gasteiger partial charge in [-0.1, -0.05) is 145 Å². The Morgan fingerprint density at radius 3 is 1.51 bits per heavy atom. The van der Waals surface area contributed by atoms with Gasteiger partial charge in [-0.15, -0.1) is 0 Å². The third-order valence-corrected chi connectivity index (χ3v) is 8.62. The van der Waals surface area contributed by atoms with Gasteiger partial charge in [-0.25, -0.2) is 4.98 Å². The minimum atomic E-state index is -0.440. The average Bonchev–Trinajstić information content (AvgIpc) is 3.63. The highest BCUT2D eigenvalue weighted by Crippen LogP contribution is 2.45. The number of nitrogens with zero attached hydrogens (tertiary/aromatic N) is 2. The Kier molecular flexibility index (Phi) is 4.80. The summed E-state index contributed by atoms with van der Waals surface area (Å²) >= 11 is 0. The molecule has 0 atom stereocenters. The van der Waals surface area contributed by atoms with E-state index in [1.807, 2.05) is 133 Å². The minimum absolute atomic E-state index is 0.164. The van der Waals surface area contributed by atoms with Gasteiger partial charge in [0, 0.05) is 11.3 Å². The number of para-hydroxylation sites is 3. The lowest BCUT2D eigenvalue weighted by atomic mass is 9.85.